The first-order valence-corrected chi connectivity index (χ1v) is 13.0. The van der Waals surface area contributed by atoms with E-state index in [1.165, 1.54) is 30.3 Å². The topological polar surface area (TPSA) is 77.2 Å². The van der Waals surface area contributed by atoms with Crippen LogP contribution >= 0.6 is 0 Å². The van der Waals surface area contributed by atoms with E-state index in [9.17, 15) is 35.2 Å². The molecule has 0 aromatic heterocycles. The fourth-order valence-corrected chi connectivity index (χ4v) is 5.03. The zero-order valence-electron chi connectivity index (χ0n) is 20.0. The summed E-state index contributed by atoms with van der Waals surface area (Å²) in [4.78, 5) is 13.0. The number of carbonyl (C=O) groups excluding carboxylic acids is 1. The van der Waals surface area contributed by atoms with Crippen LogP contribution < -0.4 is 5.14 Å². The number of aryl methyl sites for hydroxylation is 2. The highest BCUT2D eigenvalue weighted by atomic mass is 32.2. The van der Waals surface area contributed by atoms with Gasteiger partial charge in [-0.3, -0.25) is 4.79 Å². The van der Waals surface area contributed by atoms with E-state index >= 15 is 0 Å². The third-order valence-electron chi connectivity index (χ3n) is 5.90. The molecule has 2 N–H and O–H groups in total. The first kappa shape index (κ1) is 28.5. The first-order valence-electron chi connectivity index (χ1n) is 11.5. The largest absolute Gasteiger partial charge is 0.393 e. The number of Topliss-reactive ketones (excluding diaryl/α,β-unsaturated/α-hetero) is 1. The summed E-state index contributed by atoms with van der Waals surface area (Å²) < 4.78 is 88.3. The second-order valence-electron chi connectivity index (χ2n) is 8.85. The molecule has 0 aliphatic carbocycles. The predicted octanol–water partition coefficient (Wildman–Crippen LogP) is 6.43. The first-order chi connectivity index (χ1) is 17.2. The number of primary sulfonamides is 1. The Kier molecular flexibility index (Phi) is 8.86. The number of hydrogen-bond acceptors (Lipinski definition) is 3. The maximum absolute atomic E-state index is 13.2. The van der Waals surface area contributed by atoms with E-state index in [0.717, 1.165) is 0 Å². The molecule has 0 spiro atoms. The van der Waals surface area contributed by atoms with Gasteiger partial charge in [-0.25, -0.2) is 22.3 Å². The molecule has 3 aromatic rings. The minimum absolute atomic E-state index is 0.0492. The monoisotopic (exact) mass is 539 g/mol. The van der Waals surface area contributed by atoms with Gasteiger partial charge in [0.1, 0.15) is 0 Å². The van der Waals surface area contributed by atoms with Crippen molar-refractivity contribution in [2.24, 2.45) is 5.14 Å². The van der Waals surface area contributed by atoms with Crippen LogP contribution in [0.25, 0.3) is 11.1 Å². The molecule has 0 saturated heterocycles. The standard InChI is InChI=1S/C27H26F5NO3S/c1-17-13-18(9-12-25(17)37(33,35)36)14-24(34)20-10-11-23(19(15-20)6-4-8-26(28)29)22-7-3-2-5-21(22)16-27(30,31)32/h2-3,5,7,9-13,15,26H,4,6,8,14,16H2,1H3,(H2,33,35,36). The molecule has 0 saturated carbocycles. The molecule has 0 aliphatic heterocycles. The minimum Gasteiger partial charge on any atom is -0.294 e. The van der Waals surface area contributed by atoms with Gasteiger partial charge >= 0.3 is 6.18 Å². The maximum Gasteiger partial charge on any atom is 0.393 e. The molecule has 0 bridgehead atoms. The van der Waals surface area contributed by atoms with Gasteiger partial charge in [0.05, 0.1) is 11.3 Å². The molecular weight excluding hydrogens is 513 g/mol. The van der Waals surface area contributed by atoms with Crippen LogP contribution in [0, 0.1) is 6.92 Å². The van der Waals surface area contributed by atoms with Gasteiger partial charge < -0.3 is 0 Å². The normalized spacial score (nSPS) is 12.2. The number of alkyl halides is 5. The summed E-state index contributed by atoms with van der Waals surface area (Å²) in [5.41, 5.74) is 2.55. The molecule has 0 fully saturated rings. The fraction of sp³-hybridized carbons (Fsp3) is 0.296. The Morgan fingerprint density at radius 1 is 0.946 bits per heavy atom. The van der Waals surface area contributed by atoms with Crippen molar-refractivity contribution >= 4 is 15.8 Å². The Morgan fingerprint density at radius 2 is 1.62 bits per heavy atom. The smallest absolute Gasteiger partial charge is 0.294 e. The summed E-state index contributed by atoms with van der Waals surface area (Å²) in [5, 5.41) is 5.18. The summed E-state index contributed by atoms with van der Waals surface area (Å²) in [5.74, 6) is -0.312. The highest BCUT2D eigenvalue weighted by molar-refractivity contribution is 7.89. The number of carbonyl (C=O) groups is 1. The number of nitrogens with two attached hydrogens (primary N) is 1. The van der Waals surface area contributed by atoms with E-state index in [2.05, 4.69) is 0 Å². The van der Waals surface area contributed by atoms with Gasteiger partial charge in [-0.2, -0.15) is 13.2 Å². The van der Waals surface area contributed by atoms with E-state index in [4.69, 9.17) is 5.14 Å². The molecule has 3 rings (SSSR count). The van der Waals surface area contributed by atoms with Crippen molar-refractivity contribution in [3.05, 3.63) is 88.5 Å². The van der Waals surface area contributed by atoms with Crippen molar-refractivity contribution in [1.29, 1.82) is 0 Å². The van der Waals surface area contributed by atoms with Crippen LogP contribution in [0.1, 0.15) is 45.5 Å². The van der Waals surface area contributed by atoms with Crippen molar-refractivity contribution in [2.45, 2.75) is 56.5 Å². The SMILES string of the molecule is Cc1cc(CC(=O)c2ccc(-c3ccccc3CC(F)(F)F)c(CCCC(F)F)c2)ccc1S(N)(=O)=O. The van der Waals surface area contributed by atoms with Crippen molar-refractivity contribution < 1.29 is 35.2 Å². The molecule has 0 radical (unpaired) electrons. The van der Waals surface area contributed by atoms with Crippen LogP contribution in [0.5, 0.6) is 0 Å². The molecule has 0 amide bonds. The van der Waals surface area contributed by atoms with Gasteiger partial charge in [-0.15, -0.1) is 0 Å². The number of ketones is 1. The van der Waals surface area contributed by atoms with Gasteiger partial charge in [-0.05, 0) is 65.3 Å². The predicted molar refractivity (Wildman–Crippen MR) is 131 cm³/mol. The van der Waals surface area contributed by atoms with E-state index in [-0.39, 0.29) is 47.5 Å². The average Bonchev–Trinajstić information content (AvgIpc) is 2.77. The third kappa shape index (κ3) is 7.93. The van der Waals surface area contributed by atoms with Crippen LogP contribution in [0.2, 0.25) is 0 Å². The van der Waals surface area contributed by atoms with Crippen molar-refractivity contribution in [3.8, 4) is 11.1 Å². The summed E-state index contributed by atoms with van der Waals surface area (Å²) >= 11 is 0. The number of sulfonamides is 1. The lowest BCUT2D eigenvalue weighted by Gasteiger charge is -2.17. The number of hydrogen-bond donors (Lipinski definition) is 1. The Bertz CT molecular complexity index is 1390. The third-order valence-corrected chi connectivity index (χ3v) is 6.98. The highest BCUT2D eigenvalue weighted by Gasteiger charge is 2.29. The van der Waals surface area contributed by atoms with Crippen molar-refractivity contribution in [3.63, 3.8) is 0 Å². The summed E-state index contributed by atoms with van der Waals surface area (Å²) in [7, 11) is -3.91. The van der Waals surface area contributed by atoms with Gasteiger partial charge in [-0.1, -0.05) is 48.5 Å². The Hall–Kier alpha value is -3.11. The van der Waals surface area contributed by atoms with E-state index in [1.54, 1.807) is 37.3 Å². The number of halogens is 5. The Balaban J connectivity index is 1.96. The van der Waals surface area contributed by atoms with Crippen LogP contribution in [0.3, 0.4) is 0 Å². The molecule has 0 heterocycles. The minimum atomic E-state index is -4.43. The van der Waals surface area contributed by atoms with E-state index in [0.29, 0.717) is 27.8 Å². The highest BCUT2D eigenvalue weighted by Crippen LogP contribution is 2.33. The molecule has 37 heavy (non-hydrogen) atoms. The van der Waals surface area contributed by atoms with Crippen LogP contribution in [0.15, 0.2) is 65.6 Å². The molecule has 0 atom stereocenters. The molecule has 0 aliphatic rings. The van der Waals surface area contributed by atoms with Gasteiger partial charge in [0.25, 0.3) is 0 Å². The van der Waals surface area contributed by atoms with E-state index < -0.39 is 29.0 Å². The van der Waals surface area contributed by atoms with Crippen molar-refractivity contribution in [1.82, 2.24) is 0 Å². The zero-order chi connectivity index (χ0) is 27.4. The Labute approximate surface area is 212 Å². The second kappa shape index (κ2) is 11.5. The maximum atomic E-state index is 13.2. The van der Waals surface area contributed by atoms with Crippen molar-refractivity contribution in [2.75, 3.05) is 0 Å². The molecule has 4 nitrogen and oxygen atoms in total. The van der Waals surface area contributed by atoms with Gasteiger partial charge in [0.15, 0.2) is 5.78 Å². The molecule has 10 heteroatoms. The quantitative estimate of drug-likeness (QED) is 0.238. The number of benzene rings is 3. The lowest BCUT2D eigenvalue weighted by atomic mass is 9.89. The summed E-state index contributed by atoms with van der Waals surface area (Å²) in [6.45, 7) is 1.56. The van der Waals surface area contributed by atoms with Gasteiger partial charge in [0.2, 0.25) is 16.4 Å². The Morgan fingerprint density at radius 3 is 2.24 bits per heavy atom. The number of rotatable bonds is 10. The lowest BCUT2D eigenvalue weighted by Crippen LogP contribution is -2.14. The zero-order valence-corrected chi connectivity index (χ0v) is 20.8. The second-order valence-corrected chi connectivity index (χ2v) is 10.4. The van der Waals surface area contributed by atoms with Gasteiger partial charge in [0, 0.05) is 18.4 Å². The molecule has 198 valence electrons. The fourth-order valence-electron chi connectivity index (χ4n) is 4.26. The van der Waals surface area contributed by atoms with Crippen LogP contribution in [-0.4, -0.2) is 26.8 Å². The molecule has 3 aromatic carbocycles. The van der Waals surface area contributed by atoms with Crippen LogP contribution in [0.4, 0.5) is 22.0 Å². The van der Waals surface area contributed by atoms with E-state index in [1.807, 2.05) is 0 Å². The van der Waals surface area contributed by atoms with Crippen LogP contribution in [-0.2, 0) is 29.3 Å². The summed E-state index contributed by atoms with van der Waals surface area (Å²) in [6.07, 6.45) is -8.29. The average molecular weight is 540 g/mol. The summed E-state index contributed by atoms with van der Waals surface area (Å²) in [6, 6.07) is 15.0. The molecular formula is C27H26F5NO3S. The lowest BCUT2D eigenvalue weighted by molar-refractivity contribution is -0.127. The molecule has 0 unspecified atom stereocenters.